The Labute approximate surface area is 183 Å². The molecule has 1 heterocycles. The number of aromatic amines is 1. The van der Waals surface area contributed by atoms with E-state index in [2.05, 4.69) is 15.4 Å². The Balaban J connectivity index is 0.00000272. The summed E-state index contributed by atoms with van der Waals surface area (Å²) in [6, 6.07) is 6.31. The van der Waals surface area contributed by atoms with Crippen LogP contribution in [0, 0.1) is 0 Å². The normalized spacial score (nSPS) is 12.3. The summed E-state index contributed by atoms with van der Waals surface area (Å²) < 4.78 is 1.90. The van der Waals surface area contributed by atoms with Crippen LogP contribution in [0.15, 0.2) is 34.1 Å². The molecule has 0 atom stereocenters. The number of aromatic hydroxyl groups is 2. The van der Waals surface area contributed by atoms with Crippen molar-refractivity contribution < 1.29 is 15.3 Å². The molecule has 1 aromatic heterocycles. The number of aliphatic hydroxyl groups is 1. The molecule has 0 saturated heterocycles. The summed E-state index contributed by atoms with van der Waals surface area (Å²) in [4.78, 5) is 17.2. The molecule has 0 saturated carbocycles. The molecule has 4 rings (SSSR count). The minimum Gasteiger partial charge on any atom is -0.507 e. The number of aliphatic hydroxyl groups excluding tert-OH is 1. The van der Waals surface area contributed by atoms with Gasteiger partial charge in [-0.2, -0.15) is 0 Å². The number of phenolic OH excluding ortho intramolecular Hbond substituents is 2. The second kappa shape index (κ2) is 9.52. The lowest BCUT2D eigenvalue weighted by Crippen LogP contribution is -2.22. The van der Waals surface area contributed by atoms with Crippen molar-refractivity contribution in [2.75, 3.05) is 32.8 Å². The second-order valence-corrected chi connectivity index (χ2v) is 7.17. The van der Waals surface area contributed by atoms with Gasteiger partial charge in [-0.25, -0.2) is 0 Å². The van der Waals surface area contributed by atoms with Gasteiger partial charge in [0.1, 0.15) is 11.5 Å². The van der Waals surface area contributed by atoms with Gasteiger partial charge in [0, 0.05) is 25.0 Å². The van der Waals surface area contributed by atoms with E-state index in [1.807, 2.05) is 16.8 Å². The Morgan fingerprint density at radius 2 is 1.87 bits per heavy atom. The van der Waals surface area contributed by atoms with E-state index in [0.717, 1.165) is 11.9 Å². The van der Waals surface area contributed by atoms with Crippen LogP contribution < -0.4 is 21.8 Å². The number of hydrogen-bond donors (Lipinski definition) is 6. The maximum absolute atomic E-state index is 12.7. The van der Waals surface area contributed by atoms with Gasteiger partial charge in [0.05, 0.1) is 45.7 Å². The summed E-state index contributed by atoms with van der Waals surface area (Å²) in [5, 5.41) is 38.8. The molecule has 7 N–H and O–H groups in total. The van der Waals surface area contributed by atoms with Gasteiger partial charge in [0.15, 0.2) is 5.43 Å². The summed E-state index contributed by atoms with van der Waals surface area (Å²) in [5.41, 5.74) is 6.76. The molecule has 0 bridgehead atoms. The lowest BCUT2D eigenvalue weighted by molar-refractivity contribution is 0.293. The van der Waals surface area contributed by atoms with Crippen molar-refractivity contribution in [2.45, 2.75) is 13.0 Å². The van der Waals surface area contributed by atoms with E-state index >= 15 is 0 Å². The molecule has 9 nitrogen and oxygen atoms in total. The van der Waals surface area contributed by atoms with Crippen LogP contribution in [0.5, 0.6) is 11.5 Å². The highest BCUT2D eigenvalue weighted by Gasteiger charge is 2.21. The van der Waals surface area contributed by atoms with Crippen molar-refractivity contribution in [3.8, 4) is 11.5 Å². The van der Waals surface area contributed by atoms with Crippen LogP contribution in [0.1, 0.15) is 6.42 Å². The Morgan fingerprint density at radius 3 is 2.61 bits per heavy atom. The van der Waals surface area contributed by atoms with Crippen molar-refractivity contribution in [1.29, 1.82) is 0 Å². The van der Waals surface area contributed by atoms with E-state index in [1.165, 1.54) is 12.1 Å². The predicted octanol–water partition coefficient (Wildman–Crippen LogP) is 0.738. The van der Waals surface area contributed by atoms with Crippen LogP contribution in [0.3, 0.4) is 0 Å². The van der Waals surface area contributed by atoms with Crippen LogP contribution in [0.25, 0.3) is 32.6 Å². The molecule has 3 aromatic carbocycles. The van der Waals surface area contributed by atoms with Crippen LogP contribution in [0.2, 0.25) is 0 Å². The molecule has 0 aliphatic rings. The zero-order valence-corrected chi connectivity index (χ0v) is 17.7. The summed E-state index contributed by atoms with van der Waals surface area (Å²) >= 11 is 0. The largest absolute Gasteiger partial charge is 0.507 e. The first-order valence-corrected chi connectivity index (χ1v) is 9.96. The van der Waals surface area contributed by atoms with Crippen LogP contribution in [-0.2, 0) is 6.54 Å². The minimum atomic E-state index is -0.287. The first-order valence-electron chi connectivity index (χ1n) is 9.96. The van der Waals surface area contributed by atoms with Crippen molar-refractivity contribution in [1.82, 2.24) is 15.1 Å². The minimum absolute atomic E-state index is 0. The number of rotatable bonds is 8. The lowest BCUT2D eigenvalue weighted by Gasteiger charge is -2.09. The molecule has 0 amide bonds. The molecular weight excluding hydrogens is 422 g/mol. The Hall–Kier alpha value is -2.85. The smallest absolute Gasteiger partial charge is 0.189 e. The summed E-state index contributed by atoms with van der Waals surface area (Å²) in [5.74, 6) is -0.325. The van der Waals surface area contributed by atoms with Crippen molar-refractivity contribution >= 4 is 45.0 Å². The number of nitrogens with zero attached hydrogens (tertiary/aromatic N) is 2. The Morgan fingerprint density at radius 1 is 1.06 bits per heavy atom. The van der Waals surface area contributed by atoms with Crippen LogP contribution in [-0.4, -0.2) is 57.9 Å². The second-order valence-electron chi connectivity index (χ2n) is 7.17. The summed E-state index contributed by atoms with van der Waals surface area (Å²) in [7, 11) is 0. The molecule has 0 spiro atoms. The fourth-order valence-corrected chi connectivity index (χ4v) is 3.93. The standard InChI is InChI=1S/C21H25N5O4.ClH/c22-6-1-10-26-13-3-2-12(24-8-7-23-9-11-27)16-17(13)20(25-26)18-14(28)4-5-15(29)19(18)21(16)30;/h2-5,23,25,27,29-30H,1,6-11,22H2;1H. The molecule has 0 aliphatic heterocycles. The Bertz CT molecular complexity index is 1330. The summed E-state index contributed by atoms with van der Waals surface area (Å²) in [6.07, 6.45) is 0.741. The van der Waals surface area contributed by atoms with Gasteiger partial charge in [-0.05, 0) is 37.2 Å². The third kappa shape index (κ3) is 3.92. The first kappa shape index (κ1) is 22.8. The topological polar surface area (TPSA) is 149 Å². The number of aromatic nitrogens is 2. The number of hydrogen-bond acceptors (Lipinski definition) is 7. The van der Waals surface area contributed by atoms with Gasteiger partial charge in [-0.15, -0.1) is 12.4 Å². The molecule has 0 radical (unpaired) electrons. The SMILES string of the molecule is Cl.NCCCn1[nH]c2c3c(=O)ccc(O)c3c(O)c3c(=NCCNCCO)ccc1c32. The summed E-state index contributed by atoms with van der Waals surface area (Å²) in [6.45, 7) is 2.69. The van der Waals surface area contributed by atoms with Gasteiger partial charge < -0.3 is 26.4 Å². The molecule has 0 fully saturated rings. The van der Waals surface area contributed by atoms with Gasteiger partial charge in [0.25, 0.3) is 0 Å². The monoisotopic (exact) mass is 447 g/mol. The van der Waals surface area contributed by atoms with Gasteiger partial charge in [-0.1, -0.05) is 0 Å². The number of nitrogens with one attached hydrogen (secondary N) is 2. The molecule has 10 heteroatoms. The molecule has 4 aromatic rings. The van der Waals surface area contributed by atoms with E-state index in [9.17, 15) is 15.0 Å². The van der Waals surface area contributed by atoms with E-state index in [1.54, 1.807) is 0 Å². The van der Waals surface area contributed by atoms with Crippen molar-refractivity contribution in [3.05, 3.63) is 39.8 Å². The molecule has 0 aliphatic carbocycles. The molecular formula is C21H26ClN5O4. The number of phenols is 2. The molecule has 166 valence electrons. The highest BCUT2D eigenvalue weighted by molar-refractivity contribution is 6.23. The molecule has 31 heavy (non-hydrogen) atoms. The maximum atomic E-state index is 12.7. The first-order chi connectivity index (χ1) is 14.6. The highest BCUT2D eigenvalue weighted by Crippen LogP contribution is 2.41. The average molecular weight is 448 g/mol. The van der Waals surface area contributed by atoms with E-state index in [4.69, 9.17) is 10.8 Å². The quantitative estimate of drug-likeness (QED) is 0.173. The number of nitrogens with two attached hydrogens (primary N) is 1. The average Bonchev–Trinajstić information content (AvgIpc) is 3.11. The van der Waals surface area contributed by atoms with E-state index < -0.39 is 0 Å². The van der Waals surface area contributed by atoms with Crippen molar-refractivity contribution in [3.63, 3.8) is 0 Å². The predicted molar refractivity (Wildman–Crippen MR) is 123 cm³/mol. The zero-order chi connectivity index (χ0) is 21.3. The van der Waals surface area contributed by atoms with Crippen molar-refractivity contribution in [2.24, 2.45) is 10.7 Å². The zero-order valence-electron chi connectivity index (χ0n) is 16.9. The highest BCUT2D eigenvalue weighted by atomic mass is 35.5. The number of fused-ring (bicyclic) bond motifs is 2. The van der Waals surface area contributed by atoms with Gasteiger partial charge >= 0.3 is 0 Å². The fourth-order valence-electron chi connectivity index (χ4n) is 3.93. The van der Waals surface area contributed by atoms with Gasteiger partial charge in [0.2, 0.25) is 0 Å². The van der Waals surface area contributed by atoms with Crippen LogP contribution >= 0.6 is 12.4 Å². The van der Waals surface area contributed by atoms with E-state index in [0.29, 0.717) is 54.4 Å². The number of H-pyrrole nitrogens is 1. The fraction of sp³-hybridized carbons (Fsp3) is 0.333. The third-order valence-electron chi connectivity index (χ3n) is 5.26. The third-order valence-corrected chi connectivity index (χ3v) is 5.26. The lowest BCUT2D eigenvalue weighted by atomic mass is 9.99. The number of benzene rings is 3. The number of aryl methyl sites for hydroxylation is 1. The van der Waals surface area contributed by atoms with Crippen LogP contribution in [0.4, 0.5) is 0 Å². The van der Waals surface area contributed by atoms with Gasteiger partial charge in [-0.3, -0.25) is 19.6 Å². The number of halogens is 1. The Kier molecular flexibility index (Phi) is 7.01. The van der Waals surface area contributed by atoms with E-state index in [-0.39, 0.29) is 46.7 Å². The maximum Gasteiger partial charge on any atom is 0.189 e. The molecule has 0 unspecified atom stereocenters.